The standard InChI is InChI=1S/C38H39F2N5O7/c1-49-31-18-26-28(19-32(31)50-16-2-15-45-21-33(52-34(46)20-41)37(22-45)10-11-37)42-14-9-29(26)51-30-8-7-25(17-27(30)40)44-36(48)38(12-13-38)35(47)43-24-5-3-23(39)4-6-24/h3-9,14,17-19,33H,2,10-13,15-16,20-22,41H2,1H3,(H,43,47)(H,44,48). The Morgan fingerprint density at radius 3 is 2.31 bits per heavy atom. The Labute approximate surface area is 298 Å². The number of pyridine rings is 1. The van der Waals surface area contributed by atoms with Gasteiger partial charge in [0, 0.05) is 60.1 Å². The van der Waals surface area contributed by atoms with E-state index in [1.165, 1.54) is 43.5 Å². The van der Waals surface area contributed by atoms with Gasteiger partial charge < -0.3 is 35.3 Å². The quantitative estimate of drug-likeness (QED) is 0.0878. The number of ether oxygens (including phenoxy) is 4. The molecule has 4 N–H and O–H groups in total. The van der Waals surface area contributed by atoms with Gasteiger partial charge in [0.05, 0.1) is 25.8 Å². The molecule has 3 fully saturated rings. The molecule has 52 heavy (non-hydrogen) atoms. The third-order valence-corrected chi connectivity index (χ3v) is 9.97. The van der Waals surface area contributed by atoms with E-state index in [9.17, 15) is 18.8 Å². The molecule has 3 aliphatic rings. The van der Waals surface area contributed by atoms with Crippen molar-refractivity contribution in [3.8, 4) is 23.0 Å². The second-order valence-corrected chi connectivity index (χ2v) is 13.6. The summed E-state index contributed by atoms with van der Waals surface area (Å²) in [4.78, 5) is 44.5. The lowest BCUT2D eigenvalue weighted by atomic mass is 10.0. The Kier molecular flexibility index (Phi) is 9.68. The molecule has 272 valence electrons. The van der Waals surface area contributed by atoms with Gasteiger partial charge in [0.2, 0.25) is 11.8 Å². The number of halogens is 2. The summed E-state index contributed by atoms with van der Waals surface area (Å²) < 4.78 is 51.9. The second kappa shape index (κ2) is 14.4. The topological polar surface area (TPSA) is 154 Å². The number of anilines is 2. The van der Waals surface area contributed by atoms with Crippen molar-refractivity contribution in [2.45, 2.75) is 38.2 Å². The third kappa shape index (κ3) is 7.34. The highest BCUT2D eigenvalue weighted by atomic mass is 19.1. The van der Waals surface area contributed by atoms with Crippen molar-refractivity contribution in [1.82, 2.24) is 9.88 Å². The number of hydrogen-bond donors (Lipinski definition) is 3. The summed E-state index contributed by atoms with van der Waals surface area (Å²) in [6.07, 6.45) is 4.93. The number of likely N-dealkylation sites (tertiary alicyclic amines) is 1. The molecule has 1 saturated heterocycles. The minimum atomic E-state index is -1.29. The van der Waals surface area contributed by atoms with E-state index in [2.05, 4.69) is 20.5 Å². The van der Waals surface area contributed by atoms with Crippen LogP contribution >= 0.6 is 0 Å². The maximum absolute atomic E-state index is 15.3. The van der Waals surface area contributed by atoms with Crippen LogP contribution in [0.5, 0.6) is 23.0 Å². The Bertz CT molecular complexity index is 2000. The van der Waals surface area contributed by atoms with Crippen LogP contribution < -0.4 is 30.6 Å². The molecular weight excluding hydrogens is 676 g/mol. The predicted molar refractivity (Wildman–Crippen MR) is 187 cm³/mol. The Hall–Kier alpha value is -5.34. The van der Waals surface area contributed by atoms with E-state index in [0.29, 0.717) is 59.8 Å². The van der Waals surface area contributed by atoms with E-state index in [4.69, 9.17) is 24.7 Å². The minimum Gasteiger partial charge on any atom is -0.493 e. The van der Waals surface area contributed by atoms with Gasteiger partial charge in [0.25, 0.3) is 0 Å². The van der Waals surface area contributed by atoms with Crippen LogP contribution in [-0.4, -0.2) is 73.7 Å². The highest BCUT2D eigenvalue weighted by Gasteiger charge is 2.57. The molecule has 2 aliphatic carbocycles. The summed E-state index contributed by atoms with van der Waals surface area (Å²) in [6.45, 7) is 2.66. The predicted octanol–water partition coefficient (Wildman–Crippen LogP) is 5.41. The van der Waals surface area contributed by atoms with Gasteiger partial charge in [-0.3, -0.25) is 24.3 Å². The summed E-state index contributed by atoms with van der Waals surface area (Å²) in [6, 6.07) is 14.3. The normalized spacial score (nSPS) is 18.1. The first-order valence-electron chi connectivity index (χ1n) is 17.2. The molecule has 14 heteroatoms. The third-order valence-electron chi connectivity index (χ3n) is 9.97. The minimum absolute atomic E-state index is 0.0620. The number of nitrogens with one attached hydrogen (secondary N) is 2. The molecule has 7 rings (SSSR count). The number of amides is 2. The molecule has 1 unspecified atom stereocenters. The lowest BCUT2D eigenvalue weighted by Crippen LogP contribution is -2.35. The summed E-state index contributed by atoms with van der Waals surface area (Å²) in [5.74, 6) is -1.43. The van der Waals surface area contributed by atoms with Crippen molar-refractivity contribution in [3.05, 3.63) is 78.5 Å². The van der Waals surface area contributed by atoms with E-state index in [1.54, 1.807) is 24.4 Å². The van der Waals surface area contributed by atoms with Crippen LogP contribution in [0.2, 0.25) is 0 Å². The van der Waals surface area contributed by atoms with E-state index >= 15 is 4.39 Å². The molecule has 1 aliphatic heterocycles. The number of benzene rings is 3. The first kappa shape index (κ1) is 35.1. The fourth-order valence-electron chi connectivity index (χ4n) is 6.68. The number of fused-ring (bicyclic) bond motifs is 1. The van der Waals surface area contributed by atoms with Crippen LogP contribution in [0.4, 0.5) is 20.2 Å². The van der Waals surface area contributed by atoms with E-state index in [-0.39, 0.29) is 35.5 Å². The maximum atomic E-state index is 15.3. The van der Waals surface area contributed by atoms with Crippen molar-refractivity contribution in [3.63, 3.8) is 0 Å². The second-order valence-electron chi connectivity index (χ2n) is 13.6. The van der Waals surface area contributed by atoms with Crippen molar-refractivity contribution in [1.29, 1.82) is 0 Å². The smallest absolute Gasteiger partial charge is 0.320 e. The van der Waals surface area contributed by atoms with Crippen LogP contribution in [0.15, 0.2) is 66.9 Å². The summed E-state index contributed by atoms with van der Waals surface area (Å²) in [7, 11) is 1.53. The van der Waals surface area contributed by atoms with Gasteiger partial charge >= 0.3 is 5.97 Å². The van der Waals surface area contributed by atoms with Crippen molar-refractivity contribution >= 4 is 40.1 Å². The summed E-state index contributed by atoms with van der Waals surface area (Å²) in [5, 5.41) is 5.85. The number of hydrogen-bond acceptors (Lipinski definition) is 10. The van der Waals surface area contributed by atoms with Crippen LogP contribution in [0, 0.1) is 22.5 Å². The molecule has 1 aromatic heterocycles. The van der Waals surface area contributed by atoms with Crippen molar-refractivity contribution in [2.24, 2.45) is 16.6 Å². The molecule has 1 atom stereocenters. The van der Waals surface area contributed by atoms with Gasteiger partial charge in [-0.15, -0.1) is 0 Å². The molecule has 1 spiro atoms. The average Bonchev–Trinajstić information content (AvgIpc) is 4.07. The molecule has 2 saturated carbocycles. The van der Waals surface area contributed by atoms with Crippen LogP contribution in [0.1, 0.15) is 32.1 Å². The summed E-state index contributed by atoms with van der Waals surface area (Å²) >= 11 is 0. The number of rotatable bonds is 14. The monoisotopic (exact) mass is 715 g/mol. The fraction of sp³-hybridized carbons (Fsp3) is 0.368. The highest BCUT2D eigenvalue weighted by Crippen LogP contribution is 2.54. The Morgan fingerprint density at radius 1 is 0.904 bits per heavy atom. The lowest BCUT2D eigenvalue weighted by Gasteiger charge is -2.17. The van der Waals surface area contributed by atoms with Gasteiger partial charge in [-0.1, -0.05) is 0 Å². The highest BCUT2D eigenvalue weighted by molar-refractivity contribution is 6.16. The summed E-state index contributed by atoms with van der Waals surface area (Å²) in [5.41, 5.74) is 5.28. The molecule has 0 bridgehead atoms. The van der Waals surface area contributed by atoms with Crippen LogP contribution in [0.3, 0.4) is 0 Å². The zero-order valence-electron chi connectivity index (χ0n) is 28.6. The molecule has 3 aromatic carbocycles. The number of esters is 1. The van der Waals surface area contributed by atoms with E-state index in [1.807, 2.05) is 0 Å². The average molecular weight is 716 g/mol. The van der Waals surface area contributed by atoms with E-state index in [0.717, 1.165) is 38.4 Å². The fourth-order valence-corrected chi connectivity index (χ4v) is 6.68. The van der Waals surface area contributed by atoms with Gasteiger partial charge in [-0.05, 0) is 80.6 Å². The zero-order valence-corrected chi connectivity index (χ0v) is 28.6. The van der Waals surface area contributed by atoms with Crippen molar-refractivity contribution in [2.75, 3.05) is 50.5 Å². The van der Waals surface area contributed by atoms with E-state index < -0.39 is 28.9 Å². The number of methoxy groups -OCH3 is 1. The van der Waals surface area contributed by atoms with Gasteiger partial charge in [-0.2, -0.15) is 0 Å². The van der Waals surface area contributed by atoms with Gasteiger partial charge in [-0.25, -0.2) is 8.78 Å². The van der Waals surface area contributed by atoms with Gasteiger partial charge in [0.15, 0.2) is 23.1 Å². The Morgan fingerprint density at radius 2 is 1.63 bits per heavy atom. The first-order valence-corrected chi connectivity index (χ1v) is 17.2. The maximum Gasteiger partial charge on any atom is 0.320 e. The number of carbonyl (C=O) groups excluding carboxylic acids is 3. The molecule has 4 aromatic rings. The number of aromatic nitrogens is 1. The van der Waals surface area contributed by atoms with Crippen LogP contribution in [-0.2, 0) is 19.1 Å². The molecule has 12 nitrogen and oxygen atoms in total. The number of carbonyl (C=O) groups is 3. The lowest BCUT2D eigenvalue weighted by molar-refractivity contribution is -0.149. The molecular formula is C38H39F2N5O7. The van der Waals surface area contributed by atoms with Crippen molar-refractivity contribution < 1.29 is 42.1 Å². The molecule has 2 amide bonds. The molecule has 0 radical (unpaired) electrons. The SMILES string of the molecule is COc1cc2c(Oc3ccc(NC(=O)C4(C(=O)Nc5ccc(F)cc5)CC4)cc3F)ccnc2cc1OCCCN1CC(OC(=O)CN)C2(CC2)C1. The number of nitrogens with two attached hydrogens (primary N) is 1. The largest absolute Gasteiger partial charge is 0.493 e. The molecule has 2 heterocycles. The van der Waals surface area contributed by atoms with Crippen LogP contribution in [0.25, 0.3) is 10.9 Å². The Balaban J connectivity index is 0.961. The van der Waals surface area contributed by atoms with Gasteiger partial charge in [0.1, 0.15) is 23.1 Å². The first-order chi connectivity index (χ1) is 25.1. The number of nitrogens with zero attached hydrogens (tertiary/aromatic N) is 2. The zero-order chi connectivity index (χ0) is 36.5.